The number of carbonyl (C=O) groups is 1. The maximum absolute atomic E-state index is 12.7. The molecule has 0 bridgehead atoms. The zero-order valence-corrected chi connectivity index (χ0v) is 14.0. The standard InChI is InChI=1S/C18H19N5O2/c1-21-7-6-20-18(21)23-10-8-22(9-11-23)17(24)15-4-2-14(3-5-15)16-12-19-13-25-16/h2-7,12-13H,8-11H2,1H3. The highest BCUT2D eigenvalue weighted by Gasteiger charge is 2.23. The fourth-order valence-electron chi connectivity index (χ4n) is 3.09. The number of nitrogens with zero attached hydrogens (tertiary/aromatic N) is 5. The first kappa shape index (κ1) is 15.4. The molecule has 0 spiro atoms. The largest absolute Gasteiger partial charge is 0.444 e. The third kappa shape index (κ3) is 3.00. The van der Waals surface area contributed by atoms with Crippen molar-refractivity contribution in [3.05, 3.63) is 54.8 Å². The predicted octanol–water partition coefficient (Wildman–Crippen LogP) is 2.04. The Morgan fingerprint density at radius 1 is 1.12 bits per heavy atom. The van der Waals surface area contributed by atoms with E-state index in [4.69, 9.17) is 4.42 Å². The van der Waals surface area contributed by atoms with E-state index in [1.807, 2.05) is 47.0 Å². The first-order valence-electron chi connectivity index (χ1n) is 8.23. The van der Waals surface area contributed by atoms with E-state index >= 15 is 0 Å². The first-order chi connectivity index (χ1) is 12.2. The van der Waals surface area contributed by atoms with Crippen LogP contribution in [0.25, 0.3) is 11.3 Å². The summed E-state index contributed by atoms with van der Waals surface area (Å²) in [6.07, 6.45) is 6.79. The molecule has 0 N–H and O–H groups in total. The molecule has 0 radical (unpaired) electrons. The van der Waals surface area contributed by atoms with Crippen molar-refractivity contribution in [1.82, 2.24) is 19.4 Å². The predicted molar refractivity (Wildman–Crippen MR) is 93.3 cm³/mol. The average molecular weight is 337 g/mol. The molecule has 0 saturated carbocycles. The Bertz CT molecular complexity index is 846. The molecule has 0 aliphatic carbocycles. The number of rotatable bonds is 3. The van der Waals surface area contributed by atoms with Crippen molar-refractivity contribution < 1.29 is 9.21 Å². The van der Waals surface area contributed by atoms with Crippen molar-refractivity contribution in [2.75, 3.05) is 31.1 Å². The topological polar surface area (TPSA) is 67.4 Å². The van der Waals surface area contributed by atoms with Gasteiger partial charge in [-0.15, -0.1) is 0 Å². The molecular formula is C18H19N5O2. The van der Waals surface area contributed by atoms with Gasteiger partial charge in [0, 0.05) is 56.7 Å². The van der Waals surface area contributed by atoms with Gasteiger partial charge < -0.3 is 18.8 Å². The van der Waals surface area contributed by atoms with Crippen molar-refractivity contribution in [3.8, 4) is 11.3 Å². The van der Waals surface area contributed by atoms with Gasteiger partial charge in [-0.05, 0) is 12.1 Å². The van der Waals surface area contributed by atoms with Gasteiger partial charge in [-0.1, -0.05) is 12.1 Å². The summed E-state index contributed by atoms with van der Waals surface area (Å²) in [7, 11) is 1.98. The molecule has 1 amide bonds. The smallest absolute Gasteiger partial charge is 0.253 e. The van der Waals surface area contributed by atoms with E-state index in [0.717, 1.165) is 24.6 Å². The highest BCUT2D eigenvalue weighted by molar-refractivity contribution is 5.94. The Hall–Kier alpha value is -3.09. The monoisotopic (exact) mass is 337 g/mol. The highest BCUT2D eigenvalue weighted by atomic mass is 16.3. The van der Waals surface area contributed by atoms with Gasteiger partial charge in [0.25, 0.3) is 5.91 Å². The van der Waals surface area contributed by atoms with Crippen molar-refractivity contribution >= 4 is 11.9 Å². The average Bonchev–Trinajstić information content (AvgIpc) is 3.33. The Kier molecular flexibility index (Phi) is 3.97. The van der Waals surface area contributed by atoms with Gasteiger partial charge in [-0.3, -0.25) is 4.79 Å². The molecule has 1 aliphatic rings. The van der Waals surface area contributed by atoms with E-state index in [9.17, 15) is 4.79 Å². The van der Waals surface area contributed by atoms with Crippen LogP contribution in [0.5, 0.6) is 0 Å². The third-order valence-electron chi connectivity index (χ3n) is 4.49. The van der Waals surface area contributed by atoms with Crippen LogP contribution in [0.2, 0.25) is 0 Å². The van der Waals surface area contributed by atoms with Crippen LogP contribution in [0.3, 0.4) is 0 Å². The van der Waals surface area contributed by atoms with E-state index in [0.29, 0.717) is 24.4 Å². The van der Waals surface area contributed by atoms with Crippen LogP contribution < -0.4 is 4.90 Å². The summed E-state index contributed by atoms with van der Waals surface area (Å²) in [6, 6.07) is 7.45. The second kappa shape index (κ2) is 6.43. The lowest BCUT2D eigenvalue weighted by atomic mass is 10.1. The number of benzene rings is 1. The summed E-state index contributed by atoms with van der Waals surface area (Å²) in [5.41, 5.74) is 1.60. The van der Waals surface area contributed by atoms with Gasteiger partial charge in [0.05, 0.1) is 6.20 Å². The van der Waals surface area contributed by atoms with Crippen LogP contribution in [0.1, 0.15) is 10.4 Å². The Morgan fingerprint density at radius 2 is 1.88 bits per heavy atom. The number of oxazole rings is 1. The van der Waals surface area contributed by atoms with Crippen LogP contribution in [-0.4, -0.2) is 51.5 Å². The SMILES string of the molecule is Cn1ccnc1N1CCN(C(=O)c2ccc(-c3cnco3)cc2)CC1. The maximum atomic E-state index is 12.7. The number of imidazole rings is 1. The molecule has 1 saturated heterocycles. The van der Waals surface area contributed by atoms with Crippen LogP contribution in [-0.2, 0) is 7.05 Å². The van der Waals surface area contributed by atoms with Crippen LogP contribution >= 0.6 is 0 Å². The summed E-state index contributed by atoms with van der Waals surface area (Å²) < 4.78 is 7.27. The quantitative estimate of drug-likeness (QED) is 0.732. The molecule has 0 atom stereocenters. The number of anilines is 1. The number of piperazine rings is 1. The Balaban J connectivity index is 1.41. The molecule has 1 fully saturated rings. The van der Waals surface area contributed by atoms with E-state index in [1.165, 1.54) is 6.39 Å². The third-order valence-corrected chi connectivity index (χ3v) is 4.49. The van der Waals surface area contributed by atoms with E-state index in [2.05, 4.69) is 14.9 Å². The van der Waals surface area contributed by atoms with E-state index in [-0.39, 0.29) is 5.91 Å². The summed E-state index contributed by atoms with van der Waals surface area (Å²) in [4.78, 5) is 25.1. The lowest BCUT2D eigenvalue weighted by Gasteiger charge is -2.35. The Morgan fingerprint density at radius 3 is 2.48 bits per heavy atom. The molecule has 0 unspecified atom stereocenters. The van der Waals surface area contributed by atoms with Gasteiger partial charge in [-0.25, -0.2) is 9.97 Å². The normalized spacial score (nSPS) is 14.8. The molecule has 3 aromatic rings. The second-order valence-electron chi connectivity index (χ2n) is 6.06. The summed E-state index contributed by atoms with van der Waals surface area (Å²) >= 11 is 0. The fourth-order valence-corrected chi connectivity index (χ4v) is 3.09. The zero-order valence-electron chi connectivity index (χ0n) is 14.0. The molecule has 1 aliphatic heterocycles. The molecule has 7 heteroatoms. The minimum absolute atomic E-state index is 0.0589. The van der Waals surface area contributed by atoms with E-state index < -0.39 is 0 Å². The lowest BCUT2D eigenvalue weighted by molar-refractivity contribution is 0.0746. The minimum atomic E-state index is 0.0589. The van der Waals surface area contributed by atoms with Gasteiger partial charge in [0.1, 0.15) is 0 Å². The highest BCUT2D eigenvalue weighted by Crippen LogP contribution is 2.20. The van der Waals surface area contributed by atoms with Gasteiger partial charge in [0.2, 0.25) is 5.95 Å². The molecule has 2 aromatic heterocycles. The zero-order chi connectivity index (χ0) is 17.2. The lowest BCUT2D eigenvalue weighted by Crippen LogP contribution is -2.49. The summed E-state index contributed by atoms with van der Waals surface area (Å²) in [6.45, 7) is 2.95. The maximum Gasteiger partial charge on any atom is 0.253 e. The second-order valence-corrected chi connectivity index (χ2v) is 6.06. The number of amides is 1. The molecule has 4 rings (SSSR count). The van der Waals surface area contributed by atoms with Crippen molar-refractivity contribution in [2.45, 2.75) is 0 Å². The van der Waals surface area contributed by atoms with E-state index in [1.54, 1.807) is 12.4 Å². The Labute approximate surface area is 145 Å². The number of aryl methyl sites for hydroxylation is 1. The van der Waals surface area contributed by atoms with Crippen molar-refractivity contribution in [2.24, 2.45) is 7.05 Å². The van der Waals surface area contributed by atoms with Gasteiger partial charge in [0.15, 0.2) is 12.2 Å². The van der Waals surface area contributed by atoms with Crippen molar-refractivity contribution in [1.29, 1.82) is 0 Å². The summed E-state index contributed by atoms with van der Waals surface area (Å²) in [5, 5.41) is 0. The fraction of sp³-hybridized carbons (Fsp3) is 0.278. The molecule has 25 heavy (non-hydrogen) atoms. The molecule has 7 nitrogen and oxygen atoms in total. The molecule has 1 aromatic carbocycles. The van der Waals surface area contributed by atoms with Crippen LogP contribution in [0.4, 0.5) is 5.95 Å². The minimum Gasteiger partial charge on any atom is -0.444 e. The van der Waals surface area contributed by atoms with Crippen LogP contribution in [0.15, 0.2) is 53.7 Å². The number of aromatic nitrogens is 3. The molecule has 128 valence electrons. The van der Waals surface area contributed by atoms with Gasteiger partial charge in [-0.2, -0.15) is 0 Å². The first-order valence-corrected chi connectivity index (χ1v) is 8.23. The number of hydrogen-bond acceptors (Lipinski definition) is 5. The molecule has 3 heterocycles. The number of hydrogen-bond donors (Lipinski definition) is 0. The van der Waals surface area contributed by atoms with Crippen molar-refractivity contribution in [3.63, 3.8) is 0 Å². The van der Waals surface area contributed by atoms with Gasteiger partial charge >= 0.3 is 0 Å². The molecular weight excluding hydrogens is 318 g/mol. The van der Waals surface area contributed by atoms with Crippen LogP contribution in [0, 0.1) is 0 Å². The number of carbonyl (C=O) groups excluding carboxylic acids is 1. The summed E-state index contributed by atoms with van der Waals surface area (Å²) in [5.74, 6) is 1.70.